The zero-order valence-electron chi connectivity index (χ0n) is 12.1. The van der Waals surface area contributed by atoms with Crippen LogP contribution in [0, 0.1) is 5.92 Å². The lowest BCUT2D eigenvalue weighted by molar-refractivity contribution is 0.451. The Morgan fingerprint density at radius 3 is 2.75 bits per heavy atom. The molecule has 1 aromatic carbocycles. The Kier molecular flexibility index (Phi) is 3.88. The largest absolute Gasteiger partial charge is 0.330 e. The van der Waals surface area contributed by atoms with Gasteiger partial charge in [0.05, 0.1) is 18.1 Å². The van der Waals surface area contributed by atoms with Gasteiger partial charge in [0.2, 0.25) is 0 Å². The van der Waals surface area contributed by atoms with Gasteiger partial charge in [0, 0.05) is 12.2 Å². The van der Waals surface area contributed by atoms with Crippen LogP contribution < -0.4 is 5.73 Å². The van der Waals surface area contributed by atoms with E-state index in [0.717, 1.165) is 18.0 Å². The van der Waals surface area contributed by atoms with E-state index in [1.54, 1.807) is 0 Å². The molecule has 1 aromatic heterocycles. The third-order valence-electron chi connectivity index (χ3n) is 4.22. The highest BCUT2D eigenvalue weighted by Gasteiger charge is 2.25. The third-order valence-corrected chi connectivity index (χ3v) is 4.22. The lowest BCUT2D eigenvalue weighted by Crippen LogP contribution is -2.19. The summed E-state index contributed by atoms with van der Waals surface area (Å²) in [5, 5.41) is 0. The lowest BCUT2D eigenvalue weighted by Gasteiger charge is -2.20. The van der Waals surface area contributed by atoms with Crippen molar-refractivity contribution in [1.82, 2.24) is 9.55 Å². The highest BCUT2D eigenvalue weighted by molar-refractivity contribution is 5.18. The van der Waals surface area contributed by atoms with Crippen LogP contribution in [0.4, 0.5) is 0 Å². The second-order valence-electron chi connectivity index (χ2n) is 6.05. The molecule has 1 heterocycles. The summed E-state index contributed by atoms with van der Waals surface area (Å²) in [6, 6.07) is 11.0. The molecule has 3 heteroatoms. The summed E-state index contributed by atoms with van der Waals surface area (Å²) in [5.41, 5.74) is 8.83. The van der Waals surface area contributed by atoms with Crippen LogP contribution >= 0.6 is 0 Å². The minimum absolute atomic E-state index is 0.0153. The average molecular weight is 269 g/mol. The van der Waals surface area contributed by atoms with Crippen molar-refractivity contribution in [1.29, 1.82) is 0 Å². The van der Waals surface area contributed by atoms with Crippen molar-refractivity contribution in [3.05, 3.63) is 54.1 Å². The number of imidazole rings is 1. The lowest BCUT2D eigenvalue weighted by atomic mass is 10.0. The molecule has 2 aromatic rings. The Balaban J connectivity index is 1.71. The monoisotopic (exact) mass is 269 g/mol. The molecule has 0 amide bonds. The molecule has 0 bridgehead atoms. The van der Waals surface area contributed by atoms with Crippen molar-refractivity contribution in [2.45, 2.75) is 44.7 Å². The molecule has 0 aliphatic heterocycles. The van der Waals surface area contributed by atoms with Gasteiger partial charge in [0.15, 0.2) is 0 Å². The van der Waals surface area contributed by atoms with Gasteiger partial charge in [-0.05, 0) is 31.2 Å². The topological polar surface area (TPSA) is 43.8 Å². The highest BCUT2D eigenvalue weighted by atomic mass is 15.1. The van der Waals surface area contributed by atoms with E-state index in [2.05, 4.69) is 40.7 Å². The summed E-state index contributed by atoms with van der Waals surface area (Å²) < 4.78 is 2.27. The van der Waals surface area contributed by atoms with Gasteiger partial charge in [-0.25, -0.2) is 4.98 Å². The normalized spacial score (nSPS) is 17.9. The van der Waals surface area contributed by atoms with E-state index in [0.29, 0.717) is 6.04 Å². The molecule has 0 saturated heterocycles. The van der Waals surface area contributed by atoms with Crippen LogP contribution in [0.15, 0.2) is 42.9 Å². The quantitative estimate of drug-likeness (QED) is 0.872. The standard InChI is InChI=1S/C17H23N3/c1-13(9-15-7-8-15)20-12-19-11-17(20)16(18)10-14-5-3-2-4-6-14/h2-6,11-13,15-16H,7-10,18H2,1H3/t13?,16-/m1/s1. The summed E-state index contributed by atoms with van der Waals surface area (Å²) >= 11 is 0. The zero-order chi connectivity index (χ0) is 13.9. The van der Waals surface area contributed by atoms with E-state index < -0.39 is 0 Å². The van der Waals surface area contributed by atoms with Crippen molar-refractivity contribution in [2.24, 2.45) is 11.7 Å². The minimum atomic E-state index is 0.0153. The first kappa shape index (κ1) is 13.4. The Morgan fingerprint density at radius 2 is 2.05 bits per heavy atom. The Morgan fingerprint density at radius 1 is 1.30 bits per heavy atom. The summed E-state index contributed by atoms with van der Waals surface area (Å²) in [6.45, 7) is 2.28. The molecule has 1 unspecified atom stereocenters. The molecule has 2 N–H and O–H groups in total. The summed E-state index contributed by atoms with van der Waals surface area (Å²) in [4.78, 5) is 4.32. The van der Waals surface area contributed by atoms with Crippen molar-refractivity contribution in [2.75, 3.05) is 0 Å². The molecular formula is C17H23N3. The maximum absolute atomic E-state index is 6.40. The van der Waals surface area contributed by atoms with E-state index >= 15 is 0 Å². The molecule has 1 aliphatic carbocycles. The summed E-state index contributed by atoms with van der Waals surface area (Å²) in [6.07, 6.45) is 8.77. The Hall–Kier alpha value is -1.61. The second kappa shape index (κ2) is 5.80. The summed E-state index contributed by atoms with van der Waals surface area (Å²) in [7, 11) is 0. The predicted octanol–water partition coefficient (Wildman–Crippen LogP) is 3.49. The van der Waals surface area contributed by atoms with Gasteiger partial charge in [-0.3, -0.25) is 0 Å². The molecule has 1 saturated carbocycles. The molecule has 20 heavy (non-hydrogen) atoms. The highest BCUT2D eigenvalue weighted by Crippen LogP contribution is 2.37. The van der Waals surface area contributed by atoms with Gasteiger partial charge in [0.1, 0.15) is 0 Å². The molecule has 3 rings (SSSR count). The van der Waals surface area contributed by atoms with Crippen molar-refractivity contribution in [3.8, 4) is 0 Å². The van der Waals surface area contributed by atoms with Crippen LogP contribution in [-0.4, -0.2) is 9.55 Å². The molecule has 2 atom stereocenters. The molecule has 0 spiro atoms. The number of nitrogens with two attached hydrogens (primary N) is 1. The second-order valence-corrected chi connectivity index (χ2v) is 6.05. The zero-order valence-corrected chi connectivity index (χ0v) is 12.1. The van der Waals surface area contributed by atoms with Gasteiger partial charge in [-0.15, -0.1) is 0 Å². The predicted molar refractivity (Wildman–Crippen MR) is 81.4 cm³/mol. The average Bonchev–Trinajstić information content (AvgIpc) is 3.12. The van der Waals surface area contributed by atoms with Crippen LogP contribution in [0.25, 0.3) is 0 Å². The van der Waals surface area contributed by atoms with E-state index in [9.17, 15) is 0 Å². The first-order valence-electron chi connectivity index (χ1n) is 7.55. The third kappa shape index (κ3) is 3.10. The number of hydrogen-bond donors (Lipinski definition) is 1. The first-order chi connectivity index (χ1) is 9.74. The molecule has 1 aliphatic rings. The van der Waals surface area contributed by atoms with Crippen LogP contribution in [0.5, 0.6) is 0 Å². The number of rotatable bonds is 6. The molecule has 0 radical (unpaired) electrons. The van der Waals surface area contributed by atoms with Crippen LogP contribution in [0.3, 0.4) is 0 Å². The Labute approximate surface area is 120 Å². The fourth-order valence-electron chi connectivity index (χ4n) is 2.89. The van der Waals surface area contributed by atoms with Crippen molar-refractivity contribution < 1.29 is 0 Å². The Bertz CT molecular complexity index is 542. The maximum Gasteiger partial charge on any atom is 0.0951 e. The van der Waals surface area contributed by atoms with E-state index in [1.165, 1.54) is 24.8 Å². The van der Waals surface area contributed by atoms with E-state index in [4.69, 9.17) is 5.73 Å². The molecule has 106 valence electrons. The first-order valence-corrected chi connectivity index (χ1v) is 7.55. The van der Waals surface area contributed by atoms with E-state index in [1.807, 2.05) is 18.6 Å². The fraction of sp³-hybridized carbons (Fsp3) is 0.471. The smallest absolute Gasteiger partial charge is 0.0951 e. The molecular weight excluding hydrogens is 246 g/mol. The molecule has 1 fully saturated rings. The van der Waals surface area contributed by atoms with Gasteiger partial charge in [-0.1, -0.05) is 43.2 Å². The van der Waals surface area contributed by atoms with Gasteiger partial charge in [-0.2, -0.15) is 0 Å². The number of hydrogen-bond acceptors (Lipinski definition) is 2. The SMILES string of the molecule is CC(CC1CC1)n1cncc1[C@H](N)Cc1ccccc1. The number of benzene rings is 1. The van der Waals surface area contributed by atoms with Crippen molar-refractivity contribution >= 4 is 0 Å². The van der Waals surface area contributed by atoms with Crippen LogP contribution in [0.2, 0.25) is 0 Å². The van der Waals surface area contributed by atoms with Gasteiger partial charge in [0.25, 0.3) is 0 Å². The van der Waals surface area contributed by atoms with Gasteiger partial charge >= 0.3 is 0 Å². The van der Waals surface area contributed by atoms with Crippen LogP contribution in [0.1, 0.15) is 49.5 Å². The number of aromatic nitrogens is 2. The number of nitrogens with zero attached hydrogens (tertiary/aromatic N) is 2. The fourth-order valence-corrected chi connectivity index (χ4v) is 2.89. The molecule has 3 nitrogen and oxygen atoms in total. The van der Waals surface area contributed by atoms with Crippen LogP contribution in [-0.2, 0) is 6.42 Å². The maximum atomic E-state index is 6.40. The van der Waals surface area contributed by atoms with Gasteiger partial charge < -0.3 is 10.3 Å². The minimum Gasteiger partial charge on any atom is -0.330 e. The van der Waals surface area contributed by atoms with Crippen molar-refractivity contribution in [3.63, 3.8) is 0 Å². The summed E-state index contributed by atoms with van der Waals surface area (Å²) in [5.74, 6) is 0.922. The van der Waals surface area contributed by atoms with E-state index in [-0.39, 0.29) is 6.04 Å².